The van der Waals surface area contributed by atoms with Crippen LogP contribution < -0.4 is 11.1 Å². The summed E-state index contributed by atoms with van der Waals surface area (Å²) in [5.74, 6) is -1.21. The van der Waals surface area contributed by atoms with Crippen molar-refractivity contribution in [3.8, 4) is 0 Å². The predicted molar refractivity (Wildman–Crippen MR) is 127 cm³/mol. The quantitative estimate of drug-likeness (QED) is 0.574. The first-order valence-corrected chi connectivity index (χ1v) is 13.7. The van der Waals surface area contributed by atoms with Gasteiger partial charge in [0.2, 0.25) is 11.8 Å². The Morgan fingerprint density at radius 3 is 2.32 bits per heavy atom. The largest absolute Gasteiger partial charge is 0.369 e. The predicted octanol–water partition coefficient (Wildman–Crippen LogP) is 0.536. The summed E-state index contributed by atoms with van der Waals surface area (Å²) in [5, 5.41) is 1.59. The Labute approximate surface area is 201 Å². The zero-order valence-corrected chi connectivity index (χ0v) is 20.6. The number of amides is 3. The molecule has 0 aromatic heterocycles. The molecule has 3 atom stereocenters. The molecule has 0 bridgehead atoms. The van der Waals surface area contributed by atoms with E-state index < -0.39 is 27.0 Å². The molecule has 186 valence electrons. The number of piperidine rings is 1. The van der Waals surface area contributed by atoms with Crippen LogP contribution >= 0.6 is 0 Å². The summed E-state index contributed by atoms with van der Waals surface area (Å²) in [4.78, 5) is 41.1. The molecular formula is C24H34N4O5S. The summed E-state index contributed by atoms with van der Waals surface area (Å²) in [6.45, 7) is 6.36. The lowest BCUT2D eigenvalue weighted by Crippen LogP contribution is -2.49. The minimum atomic E-state index is -3.68. The topological polar surface area (TPSA) is 130 Å². The Morgan fingerprint density at radius 2 is 1.74 bits per heavy atom. The summed E-state index contributed by atoms with van der Waals surface area (Å²) >= 11 is 0. The Kier molecular flexibility index (Phi) is 7.00. The molecule has 3 N–H and O–H groups in total. The Morgan fingerprint density at radius 1 is 1.09 bits per heavy atom. The highest BCUT2D eigenvalue weighted by atomic mass is 32.2. The first-order valence-electron chi connectivity index (χ1n) is 12.0. The standard InChI is InChI=1S/C24H34N4O5S/c1-15(2)14-34(32,33)21-20-19(26-23(21)30)9-12-28(20)24(31)18-5-3-16(4-6-18)13-27-10-7-17(8-11-27)22(25)29/h3-6,15,17,19-21H,7-14H2,1-2H3,(H2,25,29)(H,26,30)/t19-,20+,21+/m0/s1. The fourth-order valence-electron chi connectivity index (χ4n) is 5.50. The highest BCUT2D eigenvalue weighted by Crippen LogP contribution is 2.32. The minimum absolute atomic E-state index is 0.0503. The van der Waals surface area contributed by atoms with E-state index in [1.165, 1.54) is 0 Å². The maximum atomic E-state index is 13.3. The number of nitrogens with zero attached hydrogens (tertiary/aromatic N) is 2. The minimum Gasteiger partial charge on any atom is -0.369 e. The molecule has 1 aromatic carbocycles. The molecule has 4 rings (SSSR count). The smallest absolute Gasteiger partial charge is 0.254 e. The number of sulfone groups is 1. The summed E-state index contributed by atoms with van der Waals surface area (Å²) in [6, 6.07) is 6.35. The van der Waals surface area contributed by atoms with E-state index in [1.807, 2.05) is 12.1 Å². The van der Waals surface area contributed by atoms with Crippen molar-refractivity contribution in [2.75, 3.05) is 25.4 Å². The number of hydrogen-bond acceptors (Lipinski definition) is 6. The number of carbonyl (C=O) groups is 3. The monoisotopic (exact) mass is 490 g/mol. The van der Waals surface area contributed by atoms with Gasteiger partial charge in [0.05, 0.1) is 17.8 Å². The number of primary amides is 1. The number of rotatable bonds is 7. The fourth-order valence-corrected chi connectivity index (χ4v) is 7.79. The van der Waals surface area contributed by atoms with E-state index in [0.717, 1.165) is 38.0 Å². The summed E-state index contributed by atoms with van der Waals surface area (Å²) < 4.78 is 25.9. The van der Waals surface area contributed by atoms with Crippen LogP contribution in [0.5, 0.6) is 0 Å². The lowest BCUT2D eigenvalue weighted by atomic mass is 9.96. The molecule has 34 heavy (non-hydrogen) atoms. The molecule has 3 amide bonds. The van der Waals surface area contributed by atoms with Gasteiger partial charge in [0.15, 0.2) is 15.1 Å². The second kappa shape index (κ2) is 9.65. The molecule has 3 aliphatic rings. The van der Waals surface area contributed by atoms with Crippen molar-refractivity contribution in [3.63, 3.8) is 0 Å². The van der Waals surface area contributed by atoms with Crippen LogP contribution in [-0.2, 0) is 26.0 Å². The molecule has 10 heteroatoms. The van der Waals surface area contributed by atoms with Gasteiger partial charge in [0.25, 0.3) is 5.91 Å². The molecule has 3 fully saturated rings. The van der Waals surface area contributed by atoms with Crippen molar-refractivity contribution in [3.05, 3.63) is 35.4 Å². The number of carbonyl (C=O) groups excluding carboxylic acids is 3. The van der Waals surface area contributed by atoms with Crippen molar-refractivity contribution in [1.29, 1.82) is 0 Å². The Bertz CT molecular complexity index is 1050. The van der Waals surface area contributed by atoms with Crippen LogP contribution in [0.3, 0.4) is 0 Å². The molecule has 0 spiro atoms. The van der Waals surface area contributed by atoms with Gasteiger partial charge in [-0.25, -0.2) is 8.42 Å². The van der Waals surface area contributed by atoms with Crippen LogP contribution in [0.2, 0.25) is 0 Å². The SMILES string of the molecule is CC(C)CS(=O)(=O)[C@H]1C(=O)N[C@H]2CCN(C(=O)c3ccc(CN4CCC(C(N)=O)CC4)cc3)[C@H]21. The molecule has 0 saturated carbocycles. The molecule has 3 saturated heterocycles. The lowest BCUT2D eigenvalue weighted by Gasteiger charge is -2.30. The van der Waals surface area contributed by atoms with Crippen molar-refractivity contribution in [2.24, 2.45) is 17.6 Å². The van der Waals surface area contributed by atoms with E-state index in [4.69, 9.17) is 5.73 Å². The van der Waals surface area contributed by atoms with Gasteiger partial charge >= 0.3 is 0 Å². The third-order valence-corrected chi connectivity index (χ3v) is 9.56. The summed E-state index contributed by atoms with van der Waals surface area (Å²) in [7, 11) is -3.68. The maximum Gasteiger partial charge on any atom is 0.254 e. The molecule has 1 aromatic rings. The van der Waals surface area contributed by atoms with Crippen LogP contribution in [0.4, 0.5) is 0 Å². The van der Waals surface area contributed by atoms with Crippen LogP contribution in [-0.4, -0.2) is 78.7 Å². The van der Waals surface area contributed by atoms with Crippen LogP contribution in [0.1, 0.15) is 49.0 Å². The van der Waals surface area contributed by atoms with Crippen molar-refractivity contribution >= 4 is 27.6 Å². The van der Waals surface area contributed by atoms with Gasteiger partial charge < -0.3 is 16.0 Å². The number of hydrogen-bond donors (Lipinski definition) is 2. The second-order valence-electron chi connectivity index (χ2n) is 10.2. The third-order valence-electron chi connectivity index (χ3n) is 7.16. The molecule has 0 radical (unpaired) electrons. The van der Waals surface area contributed by atoms with Gasteiger partial charge in [0.1, 0.15) is 0 Å². The highest BCUT2D eigenvalue weighted by Gasteiger charge is 2.55. The number of nitrogens with two attached hydrogens (primary N) is 1. The number of benzene rings is 1. The molecule has 3 heterocycles. The van der Waals surface area contributed by atoms with Crippen molar-refractivity contribution in [2.45, 2.75) is 57.0 Å². The molecular weight excluding hydrogens is 456 g/mol. The van der Waals surface area contributed by atoms with E-state index in [9.17, 15) is 22.8 Å². The van der Waals surface area contributed by atoms with Crippen LogP contribution in [0.15, 0.2) is 24.3 Å². The van der Waals surface area contributed by atoms with E-state index in [1.54, 1.807) is 30.9 Å². The van der Waals surface area contributed by atoms with E-state index in [2.05, 4.69) is 10.2 Å². The average Bonchev–Trinajstić information content (AvgIpc) is 3.31. The fraction of sp³-hybridized carbons (Fsp3) is 0.625. The van der Waals surface area contributed by atoms with Gasteiger partial charge in [-0.3, -0.25) is 19.3 Å². The first-order chi connectivity index (χ1) is 16.1. The third kappa shape index (κ3) is 4.98. The number of fused-ring (bicyclic) bond motifs is 1. The van der Waals surface area contributed by atoms with Gasteiger partial charge in [-0.15, -0.1) is 0 Å². The lowest BCUT2D eigenvalue weighted by molar-refractivity contribution is -0.123. The zero-order valence-electron chi connectivity index (χ0n) is 19.8. The van der Waals surface area contributed by atoms with Crippen molar-refractivity contribution in [1.82, 2.24) is 15.1 Å². The number of nitrogens with one attached hydrogen (secondary N) is 1. The summed E-state index contributed by atoms with van der Waals surface area (Å²) in [5.41, 5.74) is 6.95. The van der Waals surface area contributed by atoms with E-state index in [-0.39, 0.29) is 35.4 Å². The molecule has 9 nitrogen and oxygen atoms in total. The van der Waals surface area contributed by atoms with Gasteiger partial charge in [0, 0.05) is 24.6 Å². The van der Waals surface area contributed by atoms with Crippen LogP contribution in [0.25, 0.3) is 0 Å². The van der Waals surface area contributed by atoms with Gasteiger partial charge in [-0.05, 0) is 56.0 Å². The van der Waals surface area contributed by atoms with Gasteiger partial charge in [-0.1, -0.05) is 26.0 Å². The molecule has 0 aliphatic carbocycles. The highest BCUT2D eigenvalue weighted by molar-refractivity contribution is 7.92. The van der Waals surface area contributed by atoms with Crippen molar-refractivity contribution < 1.29 is 22.8 Å². The molecule has 0 unspecified atom stereocenters. The van der Waals surface area contributed by atoms with Gasteiger partial charge in [-0.2, -0.15) is 0 Å². The Hall–Kier alpha value is -2.46. The van der Waals surface area contributed by atoms with Crippen LogP contribution in [0, 0.1) is 11.8 Å². The number of likely N-dealkylation sites (tertiary alicyclic amines) is 2. The second-order valence-corrected chi connectivity index (χ2v) is 12.4. The average molecular weight is 491 g/mol. The normalized spacial score (nSPS) is 26.0. The maximum absolute atomic E-state index is 13.3. The van der Waals surface area contributed by atoms with E-state index >= 15 is 0 Å². The van der Waals surface area contributed by atoms with E-state index in [0.29, 0.717) is 18.5 Å². The first kappa shape index (κ1) is 24.7. The summed E-state index contributed by atoms with van der Waals surface area (Å²) in [6.07, 6.45) is 2.07. The molecule has 3 aliphatic heterocycles. The zero-order chi connectivity index (χ0) is 24.6. The Balaban J connectivity index is 1.43.